The third-order valence-electron chi connectivity index (χ3n) is 4.43. The Morgan fingerprint density at radius 2 is 1.80 bits per heavy atom. The van der Waals surface area contributed by atoms with E-state index in [1.165, 1.54) is 23.1 Å². The molecule has 0 amide bonds. The SMILES string of the molecule is CC(C)c1ccc(C(Br)C2OCCC2C)c(C(C)C)c1. The average molecular weight is 339 g/mol. The number of hydrogen-bond donors (Lipinski definition) is 0. The summed E-state index contributed by atoms with van der Waals surface area (Å²) in [5, 5.41) is 0. The molecule has 1 aliphatic heterocycles. The highest BCUT2D eigenvalue weighted by Gasteiger charge is 2.32. The third kappa shape index (κ3) is 3.28. The minimum absolute atomic E-state index is 0.303. The summed E-state index contributed by atoms with van der Waals surface area (Å²) in [5.74, 6) is 1.75. The second kappa shape index (κ2) is 6.62. The van der Waals surface area contributed by atoms with E-state index in [0.717, 1.165) is 6.61 Å². The summed E-state index contributed by atoms with van der Waals surface area (Å²) in [6, 6.07) is 6.97. The molecule has 20 heavy (non-hydrogen) atoms. The summed E-state index contributed by atoms with van der Waals surface area (Å²) < 4.78 is 5.95. The van der Waals surface area contributed by atoms with Crippen molar-refractivity contribution in [2.24, 2.45) is 5.92 Å². The van der Waals surface area contributed by atoms with Crippen LogP contribution in [0.2, 0.25) is 0 Å². The first-order valence-electron chi connectivity index (χ1n) is 7.81. The smallest absolute Gasteiger partial charge is 0.0767 e. The van der Waals surface area contributed by atoms with Crippen molar-refractivity contribution in [2.75, 3.05) is 6.61 Å². The summed E-state index contributed by atoms with van der Waals surface area (Å²) in [7, 11) is 0. The maximum Gasteiger partial charge on any atom is 0.0767 e. The van der Waals surface area contributed by atoms with Crippen molar-refractivity contribution in [3.63, 3.8) is 0 Å². The average Bonchev–Trinajstić information content (AvgIpc) is 2.83. The van der Waals surface area contributed by atoms with Crippen molar-refractivity contribution in [3.8, 4) is 0 Å². The molecule has 0 N–H and O–H groups in total. The normalized spacial score (nSPS) is 24.6. The van der Waals surface area contributed by atoms with Gasteiger partial charge >= 0.3 is 0 Å². The molecule has 0 radical (unpaired) electrons. The second-order valence-corrected chi connectivity index (χ2v) is 7.69. The molecule has 1 aromatic carbocycles. The number of hydrogen-bond acceptors (Lipinski definition) is 1. The van der Waals surface area contributed by atoms with Gasteiger partial charge in [-0.05, 0) is 40.9 Å². The summed E-state index contributed by atoms with van der Waals surface area (Å²) in [6.07, 6.45) is 1.48. The van der Waals surface area contributed by atoms with Gasteiger partial charge in [-0.25, -0.2) is 0 Å². The van der Waals surface area contributed by atoms with E-state index in [9.17, 15) is 0 Å². The summed E-state index contributed by atoms with van der Waals surface area (Å²) in [5.41, 5.74) is 4.29. The van der Waals surface area contributed by atoms with Crippen LogP contribution in [0, 0.1) is 5.92 Å². The van der Waals surface area contributed by atoms with E-state index in [4.69, 9.17) is 4.74 Å². The van der Waals surface area contributed by atoms with Crippen LogP contribution < -0.4 is 0 Å². The van der Waals surface area contributed by atoms with Gasteiger partial charge in [0.15, 0.2) is 0 Å². The zero-order chi connectivity index (χ0) is 14.9. The molecular weight excluding hydrogens is 312 g/mol. The fraction of sp³-hybridized carbons (Fsp3) is 0.667. The fourth-order valence-electron chi connectivity index (χ4n) is 2.97. The van der Waals surface area contributed by atoms with Gasteiger partial charge in [0.1, 0.15) is 0 Å². The molecule has 112 valence electrons. The Labute approximate surface area is 132 Å². The summed E-state index contributed by atoms with van der Waals surface area (Å²) in [4.78, 5) is 0.304. The molecule has 2 heteroatoms. The molecule has 1 fully saturated rings. The van der Waals surface area contributed by atoms with Gasteiger partial charge in [-0.1, -0.05) is 68.7 Å². The predicted molar refractivity (Wildman–Crippen MR) is 89.8 cm³/mol. The minimum atomic E-state index is 0.303. The van der Waals surface area contributed by atoms with Crippen LogP contribution >= 0.6 is 15.9 Å². The molecule has 3 unspecified atom stereocenters. The number of ether oxygens (including phenoxy) is 1. The molecular formula is C18H27BrO. The zero-order valence-corrected chi connectivity index (χ0v) is 14.9. The Bertz CT molecular complexity index is 453. The second-order valence-electron chi connectivity index (χ2n) is 6.70. The highest BCUT2D eigenvalue weighted by Crippen LogP contribution is 2.40. The maximum absolute atomic E-state index is 5.95. The fourth-order valence-corrected chi connectivity index (χ4v) is 4.06. The molecule has 3 atom stereocenters. The van der Waals surface area contributed by atoms with Crippen molar-refractivity contribution in [1.29, 1.82) is 0 Å². The molecule has 1 aliphatic rings. The van der Waals surface area contributed by atoms with Gasteiger partial charge < -0.3 is 4.74 Å². The first-order valence-corrected chi connectivity index (χ1v) is 8.72. The predicted octanol–water partition coefficient (Wildman–Crippen LogP) is 5.79. The van der Waals surface area contributed by atoms with Crippen LogP contribution in [-0.4, -0.2) is 12.7 Å². The molecule has 1 aromatic rings. The quantitative estimate of drug-likeness (QED) is 0.631. The molecule has 1 heterocycles. The molecule has 1 nitrogen and oxygen atoms in total. The van der Waals surface area contributed by atoms with Crippen LogP contribution in [0.1, 0.15) is 74.4 Å². The molecule has 0 aliphatic carbocycles. The van der Waals surface area contributed by atoms with Crippen LogP contribution in [0.5, 0.6) is 0 Å². The first kappa shape index (κ1) is 16.0. The molecule has 0 aromatic heterocycles. The van der Waals surface area contributed by atoms with E-state index < -0.39 is 0 Å². The first-order chi connectivity index (χ1) is 9.41. The monoisotopic (exact) mass is 338 g/mol. The van der Waals surface area contributed by atoms with Gasteiger partial charge in [0, 0.05) is 6.61 Å². The van der Waals surface area contributed by atoms with Crippen LogP contribution in [0.25, 0.3) is 0 Å². The zero-order valence-electron chi connectivity index (χ0n) is 13.3. The van der Waals surface area contributed by atoms with Crippen LogP contribution in [0.15, 0.2) is 18.2 Å². The number of halogens is 1. The lowest BCUT2D eigenvalue weighted by atomic mass is 9.87. The van der Waals surface area contributed by atoms with Crippen molar-refractivity contribution >= 4 is 15.9 Å². The van der Waals surface area contributed by atoms with E-state index >= 15 is 0 Å². The van der Waals surface area contributed by atoms with Gasteiger partial charge in [-0.15, -0.1) is 0 Å². The van der Waals surface area contributed by atoms with Crippen molar-refractivity contribution in [2.45, 2.75) is 63.8 Å². The lowest BCUT2D eigenvalue weighted by molar-refractivity contribution is 0.0933. The van der Waals surface area contributed by atoms with E-state index in [0.29, 0.717) is 28.7 Å². The van der Waals surface area contributed by atoms with Gasteiger partial charge in [0.25, 0.3) is 0 Å². The van der Waals surface area contributed by atoms with E-state index in [-0.39, 0.29) is 0 Å². The Balaban J connectivity index is 2.35. The Morgan fingerprint density at radius 3 is 2.30 bits per heavy atom. The van der Waals surface area contributed by atoms with Gasteiger partial charge in [-0.2, -0.15) is 0 Å². The maximum atomic E-state index is 5.95. The van der Waals surface area contributed by atoms with Crippen molar-refractivity contribution < 1.29 is 4.74 Å². The van der Waals surface area contributed by atoms with Gasteiger partial charge in [0.2, 0.25) is 0 Å². The largest absolute Gasteiger partial charge is 0.376 e. The Kier molecular flexibility index (Phi) is 5.30. The van der Waals surface area contributed by atoms with Crippen molar-refractivity contribution in [1.82, 2.24) is 0 Å². The lowest BCUT2D eigenvalue weighted by Crippen LogP contribution is -2.20. The summed E-state index contributed by atoms with van der Waals surface area (Å²) in [6.45, 7) is 12.3. The van der Waals surface area contributed by atoms with Crippen LogP contribution in [0.3, 0.4) is 0 Å². The molecule has 0 spiro atoms. The molecule has 1 saturated heterocycles. The minimum Gasteiger partial charge on any atom is -0.376 e. The van der Waals surface area contributed by atoms with Gasteiger partial charge in [0.05, 0.1) is 10.9 Å². The third-order valence-corrected chi connectivity index (χ3v) is 5.44. The lowest BCUT2D eigenvalue weighted by Gasteiger charge is -2.25. The highest BCUT2D eigenvalue weighted by molar-refractivity contribution is 9.09. The van der Waals surface area contributed by atoms with Crippen LogP contribution in [-0.2, 0) is 4.74 Å². The molecule has 0 saturated carbocycles. The Morgan fingerprint density at radius 1 is 1.10 bits per heavy atom. The number of alkyl halides is 1. The standard InChI is InChI=1S/C18H27BrO/c1-11(2)14-6-7-15(16(10-14)12(3)4)17(19)18-13(5)8-9-20-18/h6-7,10-13,17-18H,8-9H2,1-5H3. The number of rotatable bonds is 4. The van der Waals surface area contributed by atoms with E-state index in [2.05, 4.69) is 68.7 Å². The van der Waals surface area contributed by atoms with Crippen molar-refractivity contribution in [3.05, 3.63) is 34.9 Å². The Hall–Kier alpha value is -0.340. The highest BCUT2D eigenvalue weighted by atomic mass is 79.9. The molecule has 2 rings (SSSR count). The molecule has 0 bridgehead atoms. The van der Waals surface area contributed by atoms with Crippen LogP contribution in [0.4, 0.5) is 0 Å². The summed E-state index contributed by atoms with van der Waals surface area (Å²) >= 11 is 3.91. The topological polar surface area (TPSA) is 9.23 Å². The van der Waals surface area contributed by atoms with E-state index in [1.807, 2.05) is 0 Å². The van der Waals surface area contributed by atoms with E-state index in [1.54, 1.807) is 0 Å². The van der Waals surface area contributed by atoms with Gasteiger partial charge in [-0.3, -0.25) is 0 Å². The number of benzene rings is 1.